The highest BCUT2D eigenvalue weighted by atomic mass is 19.2. The maximum Gasteiger partial charge on any atom is 0.194 e. The standard InChI is InChI=1S/C28H24F6/c1-2-23(29)27(33)19-9-7-17(8-10-19)16-3-5-18(6-4-16)20-11-12-22(24(30)13-20)21-14-25(31)28(34)26(32)15-21/h7-16,18H,2-6H2,1H3. The molecule has 0 saturated heterocycles. The molecule has 0 radical (unpaired) electrons. The van der Waals surface area contributed by atoms with Gasteiger partial charge >= 0.3 is 0 Å². The Labute approximate surface area is 194 Å². The molecule has 34 heavy (non-hydrogen) atoms. The van der Waals surface area contributed by atoms with Gasteiger partial charge in [-0.05, 0) is 78.8 Å². The second-order valence-electron chi connectivity index (χ2n) is 8.74. The molecule has 0 spiro atoms. The summed E-state index contributed by atoms with van der Waals surface area (Å²) < 4.78 is 82.6. The minimum atomic E-state index is -1.58. The van der Waals surface area contributed by atoms with E-state index in [1.54, 1.807) is 25.1 Å². The molecule has 6 heteroatoms. The van der Waals surface area contributed by atoms with Gasteiger partial charge in [0.25, 0.3) is 0 Å². The van der Waals surface area contributed by atoms with Crippen LogP contribution in [0.25, 0.3) is 17.0 Å². The smallest absolute Gasteiger partial charge is 0.194 e. The van der Waals surface area contributed by atoms with E-state index in [4.69, 9.17) is 0 Å². The van der Waals surface area contributed by atoms with Gasteiger partial charge in [0.05, 0.1) is 0 Å². The lowest BCUT2D eigenvalue weighted by Gasteiger charge is -2.29. The third-order valence-electron chi connectivity index (χ3n) is 6.67. The van der Waals surface area contributed by atoms with Crippen molar-refractivity contribution in [3.63, 3.8) is 0 Å². The first kappa shape index (κ1) is 24.1. The van der Waals surface area contributed by atoms with E-state index in [-0.39, 0.29) is 34.9 Å². The van der Waals surface area contributed by atoms with Crippen molar-refractivity contribution in [2.75, 3.05) is 0 Å². The van der Waals surface area contributed by atoms with Crippen molar-refractivity contribution in [2.45, 2.75) is 50.9 Å². The summed E-state index contributed by atoms with van der Waals surface area (Å²) in [7, 11) is 0. The Bertz CT molecular complexity index is 1180. The molecule has 0 aliphatic heterocycles. The first-order valence-electron chi connectivity index (χ1n) is 11.4. The Balaban J connectivity index is 1.44. The molecule has 0 bridgehead atoms. The van der Waals surface area contributed by atoms with Gasteiger partial charge in [0, 0.05) is 11.1 Å². The van der Waals surface area contributed by atoms with Crippen molar-refractivity contribution in [1.29, 1.82) is 0 Å². The molecular formula is C28H24F6. The Kier molecular flexibility index (Phi) is 7.15. The van der Waals surface area contributed by atoms with Crippen LogP contribution in [0.5, 0.6) is 0 Å². The van der Waals surface area contributed by atoms with E-state index in [2.05, 4.69) is 0 Å². The van der Waals surface area contributed by atoms with Crippen molar-refractivity contribution >= 4 is 5.83 Å². The Morgan fingerprint density at radius 1 is 0.706 bits per heavy atom. The Morgan fingerprint density at radius 2 is 1.24 bits per heavy atom. The molecule has 3 aromatic carbocycles. The van der Waals surface area contributed by atoms with E-state index in [1.165, 1.54) is 12.1 Å². The van der Waals surface area contributed by atoms with Gasteiger partial charge in [0.2, 0.25) is 0 Å². The largest absolute Gasteiger partial charge is 0.209 e. The highest BCUT2D eigenvalue weighted by molar-refractivity contribution is 5.65. The number of benzene rings is 3. The molecule has 0 atom stereocenters. The second-order valence-corrected chi connectivity index (χ2v) is 8.74. The molecule has 3 aromatic rings. The van der Waals surface area contributed by atoms with Crippen molar-refractivity contribution in [3.05, 3.63) is 100 Å². The van der Waals surface area contributed by atoms with E-state index in [0.717, 1.165) is 48.9 Å². The van der Waals surface area contributed by atoms with Crippen LogP contribution in [0.3, 0.4) is 0 Å². The summed E-state index contributed by atoms with van der Waals surface area (Å²) in [6.45, 7) is 1.56. The highest BCUT2D eigenvalue weighted by Crippen LogP contribution is 2.41. The molecule has 178 valence electrons. The zero-order chi connectivity index (χ0) is 24.4. The average molecular weight is 474 g/mol. The van der Waals surface area contributed by atoms with Crippen LogP contribution >= 0.6 is 0 Å². The van der Waals surface area contributed by atoms with Crippen LogP contribution in [0.15, 0.2) is 60.4 Å². The molecule has 1 fully saturated rings. The van der Waals surface area contributed by atoms with E-state index in [9.17, 15) is 26.3 Å². The summed E-state index contributed by atoms with van der Waals surface area (Å²) in [6, 6.07) is 13.0. The third-order valence-corrected chi connectivity index (χ3v) is 6.67. The number of halogens is 6. The summed E-state index contributed by atoms with van der Waals surface area (Å²) in [5.74, 6) is -6.09. The first-order chi connectivity index (χ1) is 16.3. The van der Waals surface area contributed by atoms with Gasteiger partial charge in [0.1, 0.15) is 11.6 Å². The molecule has 0 aromatic heterocycles. The van der Waals surface area contributed by atoms with Crippen LogP contribution in [0.2, 0.25) is 0 Å². The minimum absolute atomic E-state index is 0.0103. The molecule has 0 amide bonds. The lowest BCUT2D eigenvalue weighted by molar-refractivity contribution is 0.395. The number of hydrogen-bond acceptors (Lipinski definition) is 0. The quantitative estimate of drug-likeness (QED) is 0.255. The van der Waals surface area contributed by atoms with Crippen LogP contribution < -0.4 is 0 Å². The molecular weight excluding hydrogens is 450 g/mol. The maximum atomic E-state index is 14.8. The topological polar surface area (TPSA) is 0 Å². The van der Waals surface area contributed by atoms with Crippen LogP contribution in [-0.4, -0.2) is 0 Å². The molecule has 1 aliphatic rings. The normalized spacial score (nSPS) is 19.1. The molecule has 1 aliphatic carbocycles. The summed E-state index contributed by atoms with van der Waals surface area (Å²) >= 11 is 0. The monoisotopic (exact) mass is 474 g/mol. The number of allylic oxidation sites excluding steroid dienone is 1. The zero-order valence-electron chi connectivity index (χ0n) is 18.7. The lowest BCUT2D eigenvalue weighted by atomic mass is 9.76. The Morgan fingerprint density at radius 3 is 1.76 bits per heavy atom. The summed E-state index contributed by atoms with van der Waals surface area (Å²) in [4.78, 5) is 0. The summed E-state index contributed by atoms with van der Waals surface area (Å²) in [6.07, 6.45) is 3.39. The van der Waals surface area contributed by atoms with Gasteiger partial charge in [-0.3, -0.25) is 0 Å². The lowest BCUT2D eigenvalue weighted by Crippen LogP contribution is -2.12. The molecule has 0 heterocycles. The SMILES string of the molecule is CCC(F)=C(F)c1ccc(C2CCC(c3ccc(-c4cc(F)c(F)c(F)c4)c(F)c3)CC2)cc1. The number of rotatable bonds is 5. The average Bonchev–Trinajstić information content (AvgIpc) is 2.86. The van der Waals surface area contributed by atoms with Crippen LogP contribution in [0, 0.1) is 23.3 Å². The fraction of sp³-hybridized carbons (Fsp3) is 0.286. The summed E-state index contributed by atoms with van der Waals surface area (Å²) in [5, 5.41) is 0. The minimum Gasteiger partial charge on any atom is -0.209 e. The van der Waals surface area contributed by atoms with Crippen molar-refractivity contribution in [1.82, 2.24) is 0 Å². The van der Waals surface area contributed by atoms with Crippen LogP contribution in [0.1, 0.15) is 67.6 Å². The summed E-state index contributed by atoms with van der Waals surface area (Å²) in [5.41, 5.74) is 2.05. The van der Waals surface area contributed by atoms with Gasteiger partial charge in [0.15, 0.2) is 23.3 Å². The fourth-order valence-electron chi connectivity index (χ4n) is 4.70. The second kappa shape index (κ2) is 10.1. The molecule has 0 unspecified atom stereocenters. The van der Waals surface area contributed by atoms with Crippen molar-refractivity contribution in [3.8, 4) is 11.1 Å². The van der Waals surface area contributed by atoms with Gasteiger partial charge in [-0.2, -0.15) is 0 Å². The van der Waals surface area contributed by atoms with Gasteiger partial charge < -0.3 is 0 Å². The first-order valence-corrected chi connectivity index (χ1v) is 11.4. The van der Waals surface area contributed by atoms with E-state index in [0.29, 0.717) is 0 Å². The molecule has 1 saturated carbocycles. The molecule has 4 rings (SSSR count). The van der Waals surface area contributed by atoms with Gasteiger partial charge in [-0.15, -0.1) is 0 Å². The maximum absolute atomic E-state index is 14.8. The van der Waals surface area contributed by atoms with Gasteiger partial charge in [-0.1, -0.05) is 43.3 Å². The number of hydrogen-bond donors (Lipinski definition) is 0. The fourth-order valence-corrected chi connectivity index (χ4v) is 4.70. The predicted molar refractivity (Wildman–Crippen MR) is 122 cm³/mol. The highest BCUT2D eigenvalue weighted by Gasteiger charge is 2.25. The van der Waals surface area contributed by atoms with Crippen molar-refractivity contribution in [2.24, 2.45) is 0 Å². The van der Waals surface area contributed by atoms with Crippen LogP contribution in [0.4, 0.5) is 26.3 Å². The van der Waals surface area contributed by atoms with Crippen LogP contribution in [-0.2, 0) is 0 Å². The van der Waals surface area contributed by atoms with E-state index in [1.807, 2.05) is 12.1 Å². The Hall–Kier alpha value is -3.02. The van der Waals surface area contributed by atoms with Crippen molar-refractivity contribution < 1.29 is 26.3 Å². The molecule has 0 nitrogen and oxygen atoms in total. The third kappa shape index (κ3) is 4.91. The zero-order valence-corrected chi connectivity index (χ0v) is 18.7. The predicted octanol–water partition coefficient (Wildman–Crippen LogP) is 9.37. The van der Waals surface area contributed by atoms with E-state index < -0.39 is 34.9 Å². The van der Waals surface area contributed by atoms with Gasteiger partial charge in [-0.25, -0.2) is 26.3 Å². The van der Waals surface area contributed by atoms with E-state index >= 15 is 0 Å². The molecule has 0 N–H and O–H groups in total.